The minimum absolute atomic E-state index is 0.172. The van der Waals surface area contributed by atoms with Crippen LogP contribution >= 0.6 is 0 Å². The Kier molecular flexibility index (Phi) is 6.11. The molecule has 1 atom stereocenters. The Bertz CT molecular complexity index is 1320. The van der Waals surface area contributed by atoms with E-state index in [9.17, 15) is 12.6 Å². The van der Waals surface area contributed by atoms with Gasteiger partial charge in [0.05, 0.1) is 9.73 Å². The molecule has 0 fully saturated rings. The summed E-state index contributed by atoms with van der Waals surface area (Å²) >= 11 is 0. The van der Waals surface area contributed by atoms with Gasteiger partial charge in [0.25, 0.3) is 0 Å². The second kappa shape index (κ2) is 8.69. The Morgan fingerprint density at radius 1 is 0.875 bits per heavy atom. The maximum absolute atomic E-state index is 12.4. The molecule has 1 aliphatic heterocycles. The van der Waals surface area contributed by atoms with Crippen LogP contribution in [0, 0.1) is 4.78 Å². The number of hydrogen-bond acceptors (Lipinski definition) is 6. The molecule has 0 spiro atoms. The van der Waals surface area contributed by atoms with E-state index >= 15 is 0 Å². The molecule has 3 aromatic rings. The van der Waals surface area contributed by atoms with Crippen LogP contribution in [0.5, 0.6) is 5.75 Å². The lowest BCUT2D eigenvalue weighted by Crippen LogP contribution is -2.16. The first-order valence-electron chi connectivity index (χ1n) is 10.2. The number of fused-ring (bicyclic) bond motifs is 1. The Morgan fingerprint density at radius 2 is 1.47 bits per heavy atom. The van der Waals surface area contributed by atoms with Crippen molar-refractivity contribution in [3.8, 4) is 5.75 Å². The number of rotatable bonds is 7. The molecule has 1 unspecified atom stereocenters. The summed E-state index contributed by atoms with van der Waals surface area (Å²) < 4.78 is 50.2. The van der Waals surface area contributed by atoms with Gasteiger partial charge in [-0.05, 0) is 46.5 Å². The van der Waals surface area contributed by atoms with Crippen molar-refractivity contribution in [1.82, 2.24) is 4.90 Å². The number of sulfone groups is 1. The van der Waals surface area contributed by atoms with Crippen LogP contribution < -0.4 is 4.74 Å². The van der Waals surface area contributed by atoms with Crippen LogP contribution in [0.25, 0.3) is 0 Å². The van der Waals surface area contributed by atoms with E-state index in [1.165, 1.54) is 23.6 Å². The van der Waals surface area contributed by atoms with Crippen molar-refractivity contribution in [3.63, 3.8) is 0 Å². The third-order valence-corrected chi connectivity index (χ3v) is 7.78. The molecular weight excluding hydrogens is 444 g/mol. The van der Waals surface area contributed by atoms with Gasteiger partial charge >= 0.3 is 0 Å². The maximum atomic E-state index is 12.4. The van der Waals surface area contributed by atoms with Gasteiger partial charge in [-0.1, -0.05) is 42.5 Å². The number of nitrogens with one attached hydrogen (secondary N) is 1. The van der Waals surface area contributed by atoms with E-state index in [1.807, 2.05) is 18.2 Å². The van der Waals surface area contributed by atoms with E-state index < -0.39 is 19.6 Å². The first-order valence-corrected chi connectivity index (χ1v) is 14.0. The maximum Gasteiger partial charge on any atom is 0.179 e. The van der Waals surface area contributed by atoms with E-state index in [0.29, 0.717) is 17.2 Å². The van der Waals surface area contributed by atoms with Gasteiger partial charge in [0.1, 0.15) is 17.3 Å². The number of hydrogen-bond donors (Lipinski definition) is 1. The quantitative estimate of drug-likeness (QED) is 0.559. The fourth-order valence-corrected chi connectivity index (χ4v) is 5.35. The highest BCUT2D eigenvalue weighted by atomic mass is 32.2. The summed E-state index contributed by atoms with van der Waals surface area (Å²) in [4.78, 5) is 2.91. The zero-order valence-electron chi connectivity index (χ0n) is 18.1. The number of ether oxygens (including phenoxy) is 1. The van der Waals surface area contributed by atoms with Crippen molar-refractivity contribution in [3.05, 3.63) is 89.0 Å². The highest BCUT2D eigenvalue weighted by Crippen LogP contribution is 2.29. The lowest BCUT2D eigenvalue weighted by molar-refractivity contribution is 0.274. The molecule has 0 amide bonds. The van der Waals surface area contributed by atoms with Crippen LogP contribution in [0.15, 0.2) is 76.5 Å². The predicted octanol–water partition coefficient (Wildman–Crippen LogP) is 4.22. The van der Waals surface area contributed by atoms with Crippen LogP contribution in [0.4, 0.5) is 0 Å². The Hall–Kier alpha value is -2.68. The molecule has 1 N–H and O–H groups in total. The highest BCUT2D eigenvalue weighted by Gasteiger charge is 2.20. The van der Waals surface area contributed by atoms with Crippen LogP contribution in [-0.2, 0) is 45.8 Å². The van der Waals surface area contributed by atoms with Gasteiger partial charge in [-0.25, -0.2) is 17.4 Å². The van der Waals surface area contributed by atoms with Crippen molar-refractivity contribution >= 4 is 19.6 Å². The summed E-state index contributed by atoms with van der Waals surface area (Å²) in [5.41, 5.74) is 4.34. The molecule has 8 heteroatoms. The molecule has 1 heterocycles. The van der Waals surface area contributed by atoms with Gasteiger partial charge in [0, 0.05) is 37.0 Å². The standard InChI is InChI=1S/C24H26N2O4S2/c1-31(25,27)22-10-7-18(8-11-22)17-30-23-12-9-19(13-24(23)32(2,28)29)14-26-15-20-5-3-4-6-21(20)16-26/h3-13,25H,14-17H2,1-2H3. The van der Waals surface area contributed by atoms with Crippen molar-refractivity contribution in [1.29, 1.82) is 4.78 Å². The van der Waals surface area contributed by atoms with Crippen molar-refractivity contribution in [2.45, 2.75) is 36.0 Å². The summed E-state index contributed by atoms with van der Waals surface area (Å²) in [6.45, 7) is 2.52. The van der Waals surface area contributed by atoms with Gasteiger partial charge in [0.2, 0.25) is 0 Å². The topological polar surface area (TPSA) is 87.5 Å². The molecule has 0 saturated heterocycles. The number of benzene rings is 3. The second-order valence-corrected chi connectivity index (χ2v) is 12.4. The Morgan fingerprint density at radius 3 is 2.03 bits per heavy atom. The van der Waals surface area contributed by atoms with E-state index in [1.54, 1.807) is 36.4 Å². The van der Waals surface area contributed by atoms with E-state index in [2.05, 4.69) is 17.0 Å². The monoisotopic (exact) mass is 470 g/mol. The third kappa shape index (κ3) is 5.20. The molecule has 6 nitrogen and oxygen atoms in total. The summed E-state index contributed by atoms with van der Waals surface area (Å²) in [5.74, 6) is 0.310. The molecule has 0 saturated carbocycles. The lowest BCUT2D eigenvalue weighted by Gasteiger charge is -2.17. The summed E-state index contributed by atoms with van der Waals surface area (Å²) in [6.07, 6.45) is 2.56. The molecule has 168 valence electrons. The fraction of sp³-hybridized carbons (Fsp3) is 0.250. The SMILES string of the molecule is CS(=N)(=O)c1ccc(COc2ccc(CN3Cc4ccccc4C3)cc2S(C)(=O)=O)cc1. The molecular formula is C24H26N2O4S2. The average molecular weight is 471 g/mol. The van der Waals surface area contributed by atoms with E-state index in [4.69, 9.17) is 9.52 Å². The minimum Gasteiger partial charge on any atom is -0.488 e. The zero-order chi connectivity index (χ0) is 22.9. The first-order chi connectivity index (χ1) is 15.1. The second-order valence-electron chi connectivity index (χ2n) is 8.24. The molecule has 32 heavy (non-hydrogen) atoms. The van der Waals surface area contributed by atoms with E-state index in [0.717, 1.165) is 24.2 Å². The molecule has 4 rings (SSSR count). The fourth-order valence-electron chi connectivity index (χ4n) is 3.84. The minimum atomic E-state index is -3.48. The Balaban J connectivity index is 1.49. The third-order valence-electron chi connectivity index (χ3n) is 5.49. The van der Waals surface area contributed by atoms with Gasteiger partial charge < -0.3 is 4.74 Å². The molecule has 0 radical (unpaired) electrons. The summed E-state index contributed by atoms with van der Waals surface area (Å²) in [6, 6.07) is 20.4. The van der Waals surface area contributed by atoms with Crippen molar-refractivity contribution in [2.24, 2.45) is 0 Å². The van der Waals surface area contributed by atoms with Crippen molar-refractivity contribution in [2.75, 3.05) is 12.5 Å². The first kappa shape index (κ1) is 22.5. The number of nitrogens with zero attached hydrogens (tertiary/aromatic N) is 1. The van der Waals surface area contributed by atoms with Crippen LogP contribution in [0.1, 0.15) is 22.3 Å². The predicted molar refractivity (Wildman–Crippen MR) is 125 cm³/mol. The Labute approximate surface area is 189 Å². The van der Waals surface area contributed by atoms with E-state index in [-0.39, 0.29) is 11.5 Å². The molecule has 1 aliphatic rings. The summed E-state index contributed by atoms with van der Waals surface area (Å²) in [7, 11) is -6.25. The van der Waals surface area contributed by atoms with Gasteiger partial charge in [-0.2, -0.15) is 0 Å². The smallest absolute Gasteiger partial charge is 0.179 e. The zero-order valence-corrected chi connectivity index (χ0v) is 19.7. The summed E-state index contributed by atoms with van der Waals surface area (Å²) in [5, 5.41) is 0. The normalized spacial score (nSPS) is 15.8. The molecule has 0 bridgehead atoms. The van der Waals surface area contributed by atoms with Gasteiger partial charge in [-0.15, -0.1) is 0 Å². The van der Waals surface area contributed by atoms with Gasteiger partial charge in [0.15, 0.2) is 9.84 Å². The molecule has 3 aromatic carbocycles. The van der Waals surface area contributed by atoms with Crippen molar-refractivity contribution < 1.29 is 17.4 Å². The van der Waals surface area contributed by atoms with Crippen LogP contribution in [-0.4, -0.2) is 30.0 Å². The lowest BCUT2D eigenvalue weighted by atomic mass is 10.1. The largest absolute Gasteiger partial charge is 0.488 e. The van der Waals surface area contributed by atoms with Crippen LogP contribution in [0.3, 0.4) is 0 Å². The molecule has 0 aromatic heterocycles. The van der Waals surface area contributed by atoms with Crippen LogP contribution in [0.2, 0.25) is 0 Å². The molecule has 0 aliphatic carbocycles. The van der Waals surface area contributed by atoms with Gasteiger partial charge in [-0.3, -0.25) is 4.90 Å². The highest BCUT2D eigenvalue weighted by molar-refractivity contribution is 7.91. The average Bonchev–Trinajstić information content (AvgIpc) is 3.14.